The Morgan fingerprint density at radius 3 is 2.77 bits per heavy atom. The van der Waals surface area contributed by atoms with Gasteiger partial charge in [0.1, 0.15) is 12.0 Å². The first-order chi connectivity index (χ1) is 10.5. The van der Waals surface area contributed by atoms with Gasteiger partial charge in [-0.05, 0) is 11.4 Å². The van der Waals surface area contributed by atoms with Crippen LogP contribution in [0.3, 0.4) is 0 Å². The Hall–Kier alpha value is -2.16. The summed E-state index contributed by atoms with van der Waals surface area (Å²) in [6, 6.07) is 1.73. The minimum Gasteiger partial charge on any atom is -0.481 e. The fraction of sp³-hybridized carbons (Fsp3) is 0.385. The Morgan fingerprint density at radius 1 is 1.36 bits per heavy atom. The molecule has 1 aliphatic heterocycles. The van der Waals surface area contributed by atoms with E-state index in [9.17, 15) is 18.4 Å². The van der Waals surface area contributed by atoms with Gasteiger partial charge in [0.25, 0.3) is 5.91 Å². The van der Waals surface area contributed by atoms with Gasteiger partial charge in [0, 0.05) is 13.1 Å². The second-order valence-electron chi connectivity index (χ2n) is 5.01. The Bertz CT molecular complexity index is 736. The molecule has 0 radical (unpaired) electrons. The van der Waals surface area contributed by atoms with Gasteiger partial charge in [0.15, 0.2) is 0 Å². The number of hydrogen-bond acceptors (Lipinski definition) is 5. The van der Waals surface area contributed by atoms with Crippen molar-refractivity contribution in [2.75, 3.05) is 13.1 Å². The standard InChI is InChI=1S/C13H11F2N3O3S/c14-11(15)6-3-18(4-7(6)13(20)21)12(19)9-10-8(1-2-22-10)16-5-17-9/h1-2,5-7,11H,3-4H2,(H,20,21)/t6-,7-/m1/s1. The lowest BCUT2D eigenvalue weighted by Crippen LogP contribution is -2.30. The molecule has 1 fully saturated rings. The van der Waals surface area contributed by atoms with E-state index >= 15 is 0 Å². The lowest BCUT2D eigenvalue weighted by molar-refractivity contribution is -0.144. The van der Waals surface area contributed by atoms with E-state index in [0.29, 0.717) is 10.2 Å². The number of halogens is 2. The summed E-state index contributed by atoms with van der Waals surface area (Å²) >= 11 is 1.28. The first kappa shape index (κ1) is 14.8. The molecule has 0 saturated carbocycles. The number of likely N-dealkylation sites (tertiary alicyclic amines) is 1. The first-order valence-electron chi connectivity index (χ1n) is 6.47. The van der Waals surface area contributed by atoms with Gasteiger partial charge in [-0.25, -0.2) is 18.7 Å². The SMILES string of the molecule is O=C(O)[C@@H]1CN(C(=O)c2ncnc3ccsc23)C[C@H]1C(F)F. The second kappa shape index (κ2) is 5.56. The third-order valence-corrected chi connectivity index (χ3v) is 4.65. The fourth-order valence-electron chi connectivity index (χ4n) is 2.60. The second-order valence-corrected chi connectivity index (χ2v) is 5.93. The van der Waals surface area contributed by atoms with Gasteiger partial charge in [-0.2, -0.15) is 0 Å². The molecule has 0 bridgehead atoms. The molecule has 6 nitrogen and oxygen atoms in total. The lowest BCUT2D eigenvalue weighted by Gasteiger charge is -2.15. The number of nitrogens with zero attached hydrogens (tertiary/aromatic N) is 3. The van der Waals surface area contributed by atoms with Crippen molar-refractivity contribution >= 4 is 33.4 Å². The number of carbonyl (C=O) groups is 2. The van der Waals surface area contributed by atoms with Crippen molar-refractivity contribution in [3.63, 3.8) is 0 Å². The number of carboxylic acid groups (broad SMARTS) is 1. The van der Waals surface area contributed by atoms with E-state index in [1.54, 1.807) is 11.4 Å². The molecule has 2 aromatic heterocycles. The molecular formula is C13H11F2N3O3S. The number of alkyl halides is 2. The minimum atomic E-state index is -2.79. The first-order valence-corrected chi connectivity index (χ1v) is 7.35. The van der Waals surface area contributed by atoms with Crippen LogP contribution in [-0.2, 0) is 4.79 Å². The third-order valence-electron chi connectivity index (χ3n) is 3.74. The van der Waals surface area contributed by atoms with Gasteiger partial charge in [-0.15, -0.1) is 11.3 Å². The molecule has 3 rings (SSSR count). The van der Waals surface area contributed by atoms with Crippen molar-refractivity contribution in [1.82, 2.24) is 14.9 Å². The lowest BCUT2D eigenvalue weighted by atomic mass is 9.97. The quantitative estimate of drug-likeness (QED) is 0.928. The molecular weight excluding hydrogens is 316 g/mol. The summed E-state index contributed by atoms with van der Waals surface area (Å²) in [4.78, 5) is 32.7. The van der Waals surface area contributed by atoms with Gasteiger partial charge in [0.05, 0.1) is 22.1 Å². The summed E-state index contributed by atoms with van der Waals surface area (Å²) in [6.07, 6.45) is -1.55. The van der Waals surface area contributed by atoms with Gasteiger partial charge < -0.3 is 10.0 Å². The molecule has 0 unspecified atom stereocenters. The maximum Gasteiger partial charge on any atom is 0.308 e. The number of aromatic nitrogens is 2. The van der Waals surface area contributed by atoms with Crippen molar-refractivity contribution in [3.8, 4) is 0 Å². The van der Waals surface area contributed by atoms with E-state index in [4.69, 9.17) is 5.11 Å². The predicted molar refractivity (Wildman–Crippen MR) is 73.9 cm³/mol. The van der Waals surface area contributed by atoms with E-state index in [1.807, 2.05) is 0 Å². The van der Waals surface area contributed by atoms with Gasteiger partial charge in [0.2, 0.25) is 6.43 Å². The average molecular weight is 327 g/mol. The number of hydrogen-bond donors (Lipinski definition) is 1. The molecule has 116 valence electrons. The molecule has 2 atom stereocenters. The number of thiophene rings is 1. The number of rotatable bonds is 3. The zero-order chi connectivity index (χ0) is 15.9. The number of amides is 1. The van der Waals surface area contributed by atoms with Crippen molar-refractivity contribution in [3.05, 3.63) is 23.5 Å². The number of carbonyl (C=O) groups excluding carboxylic acids is 1. The Labute approximate surface area is 127 Å². The Balaban J connectivity index is 1.90. The van der Waals surface area contributed by atoms with Crippen molar-refractivity contribution in [1.29, 1.82) is 0 Å². The summed E-state index contributed by atoms with van der Waals surface area (Å²) in [5, 5.41) is 10.8. The monoisotopic (exact) mass is 327 g/mol. The van der Waals surface area contributed by atoms with Crippen LogP contribution in [0.15, 0.2) is 17.8 Å². The van der Waals surface area contributed by atoms with Crippen LogP contribution >= 0.6 is 11.3 Å². The highest BCUT2D eigenvalue weighted by Crippen LogP contribution is 2.31. The van der Waals surface area contributed by atoms with Crippen molar-refractivity contribution in [2.45, 2.75) is 6.43 Å². The molecule has 1 saturated heterocycles. The summed E-state index contributed by atoms with van der Waals surface area (Å²) < 4.78 is 26.5. The molecule has 1 N–H and O–H groups in total. The summed E-state index contributed by atoms with van der Waals surface area (Å²) in [5.41, 5.74) is 0.724. The largest absolute Gasteiger partial charge is 0.481 e. The number of carboxylic acids is 1. The van der Waals surface area contributed by atoms with Gasteiger partial charge in [-0.1, -0.05) is 0 Å². The van der Waals surface area contributed by atoms with Crippen LogP contribution in [0, 0.1) is 11.8 Å². The van der Waals surface area contributed by atoms with Crippen LogP contribution < -0.4 is 0 Å². The molecule has 9 heteroatoms. The number of aliphatic carboxylic acids is 1. The molecule has 3 heterocycles. The van der Waals surface area contributed by atoms with Gasteiger partial charge in [-0.3, -0.25) is 9.59 Å². The van der Waals surface area contributed by atoms with E-state index < -0.39 is 30.1 Å². The predicted octanol–water partition coefficient (Wildman–Crippen LogP) is 1.73. The molecule has 0 aliphatic carbocycles. The van der Waals surface area contributed by atoms with Crippen molar-refractivity contribution < 1.29 is 23.5 Å². The van der Waals surface area contributed by atoms with E-state index in [1.165, 1.54) is 17.7 Å². The van der Waals surface area contributed by atoms with E-state index in [0.717, 1.165) is 4.90 Å². The van der Waals surface area contributed by atoms with E-state index in [-0.39, 0.29) is 18.8 Å². The fourth-order valence-corrected chi connectivity index (χ4v) is 3.43. The van der Waals surface area contributed by atoms with Crippen molar-refractivity contribution in [2.24, 2.45) is 11.8 Å². The Morgan fingerprint density at radius 2 is 2.14 bits per heavy atom. The molecule has 22 heavy (non-hydrogen) atoms. The van der Waals surface area contributed by atoms with Crippen LogP contribution in [0.4, 0.5) is 8.78 Å². The maximum absolute atomic E-state index is 13.0. The highest BCUT2D eigenvalue weighted by Gasteiger charge is 2.44. The zero-order valence-corrected chi connectivity index (χ0v) is 12.0. The molecule has 0 spiro atoms. The summed E-state index contributed by atoms with van der Waals surface area (Å²) in [5.74, 6) is -4.47. The summed E-state index contributed by atoms with van der Waals surface area (Å²) in [6.45, 7) is -0.523. The molecule has 1 aliphatic rings. The minimum absolute atomic E-state index is 0.124. The number of fused-ring (bicyclic) bond motifs is 1. The highest BCUT2D eigenvalue weighted by molar-refractivity contribution is 7.17. The molecule has 1 amide bonds. The smallest absolute Gasteiger partial charge is 0.308 e. The third kappa shape index (κ3) is 2.41. The van der Waals surface area contributed by atoms with Crippen LogP contribution in [0.5, 0.6) is 0 Å². The molecule has 0 aromatic carbocycles. The normalized spacial score (nSPS) is 21.7. The van der Waals surface area contributed by atoms with Crippen LogP contribution in [0.2, 0.25) is 0 Å². The van der Waals surface area contributed by atoms with Crippen LogP contribution in [0.1, 0.15) is 10.5 Å². The van der Waals surface area contributed by atoms with E-state index in [2.05, 4.69) is 9.97 Å². The summed E-state index contributed by atoms with van der Waals surface area (Å²) in [7, 11) is 0. The highest BCUT2D eigenvalue weighted by atomic mass is 32.1. The van der Waals surface area contributed by atoms with Crippen LogP contribution in [0.25, 0.3) is 10.2 Å². The average Bonchev–Trinajstić information content (AvgIpc) is 3.12. The topological polar surface area (TPSA) is 83.4 Å². The Kier molecular flexibility index (Phi) is 3.73. The maximum atomic E-state index is 13.0. The van der Waals surface area contributed by atoms with Gasteiger partial charge >= 0.3 is 5.97 Å². The van der Waals surface area contributed by atoms with Crippen LogP contribution in [-0.4, -0.2) is 51.4 Å². The zero-order valence-electron chi connectivity index (χ0n) is 11.1. The molecule has 2 aromatic rings.